The predicted octanol–water partition coefficient (Wildman–Crippen LogP) is 3.34. The van der Waals surface area contributed by atoms with Gasteiger partial charge in [0.2, 0.25) is 5.91 Å². The van der Waals surface area contributed by atoms with Crippen molar-refractivity contribution in [3.8, 4) is 0 Å². The van der Waals surface area contributed by atoms with Crippen LogP contribution in [-0.4, -0.2) is 50.6 Å². The SMILES string of the molecule is Cc1nn(C2CCCCC2)c2sc(C(=O)NCCN3C(=O)CSC3=O)cc12. The van der Waals surface area contributed by atoms with E-state index < -0.39 is 0 Å². The van der Waals surface area contributed by atoms with Crippen LogP contribution in [0.4, 0.5) is 4.79 Å². The summed E-state index contributed by atoms with van der Waals surface area (Å²) >= 11 is 2.47. The van der Waals surface area contributed by atoms with Crippen molar-refractivity contribution in [1.29, 1.82) is 0 Å². The topological polar surface area (TPSA) is 84.3 Å². The molecular formula is C18H22N4O3S2. The van der Waals surface area contributed by atoms with Gasteiger partial charge in [0.15, 0.2) is 0 Å². The normalized spacial score (nSPS) is 18.6. The second-order valence-electron chi connectivity index (χ2n) is 7.01. The summed E-state index contributed by atoms with van der Waals surface area (Å²) in [5.74, 6) is -0.165. The van der Waals surface area contributed by atoms with Gasteiger partial charge in [0.1, 0.15) is 4.83 Å². The lowest BCUT2D eigenvalue weighted by Crippen LogP contribution is -2.37. The molecule has 1 N–H and O–H groups in total. The molecule has 1 saturated heterocycles. The number of thiophene rings is 1. The van der Waals surface area contributed by atoms with E-state index in [0.29, 0.717) is 10.9 Å². The quantitative estimate of drug-likeness (QED) is 0.823. The van der Waals surface area contributed by atoms with E-state index in [4.69, 9.17) is 5.10 Å². The van der Waals surface area contributed by atoms with E-state index in [2.05, 4.69) is 10.00 Å². The Bertz CT molecular complexity index is 882. The lowest BCUT2D eigenvalue weighted by Gasteiger charge is -2.22. The standard InChI is InChI=1S/C18H22N4O3S2/c1-11-13-9-14(16(24)19-7-8-21-15(23)10-26-18(21)25)27-17(13)22(20-11)12-5-3-2-4-6-12/h9,12H,2-8,10H2,1H3,(H,19,24). The molecule has 0 bridgehead atoms. The van der Waals surface area contributed by atoms with E-state index in [1.807, 2.05) is 13.0 Å². The Morgan fingerprint density at radius 1 is 1.30 bits per heavy atom. The van der Waals surface area contributed by atoms with Crippen LogP contribution in [0.2, 0.25) is 0 Å². The number of hydrogen-bond donors (Lipinski definition) is 1. The number of carbonyl (C=O) groups excluding carboxylic acids is 3. The number of hydrogen-bond acceptors (Lipinski definition) is 6. The number of nitrogens with one attached hydrogen (secondary N) is 1. The smallest absolute Gasteiger partial charge is 0.288 e. The number of thioether (sulfide) groups is 1. The Hall–Kier alpha value is -1.87. The highest BCUT2D eigenvalue weighted by Gasteiger charge is 2.29. The van der Waals surface area contributed by atoms with Crippen molar-refractivity contribution in [1.82, 2.24) is 20.0 Å². The van der Waals surface area contributed by atoms with Crippen molar-refractivity contribution in [2.75, 3.05) is 18.8 Å². The molecule has 0 aromatic carbocycles. The van der Waals surface area contributed by atoms with Gasteiger partial charge in [-0.3, -0.25) is 24.0 Å². The van der Waals surface area contributed by atoms with Crippen LogP contribution >= 0.6 is 23.1 Å². The zero-order chi connectivity index (χ0) is 19.0. The number of amides is 3. The molecule has 0 atom stereocenters. The van der Waals surface area contributed by atoms with Gasteiger partial charge in [0.05, 0.1) is 22.4 Å². The number of aromatic nitrogens is 2. The number of aryl methyl sites for hydroxylation is 1. The molecule has 2 fully saturated rings. The fraction of sp³-hybridized carbons (Fsp3) is 0.556. The maximum atomic E-state index is 12.5. The van der Waals surface area contributed by atoms with E-state index in [-0.39, 0.29) is 35.9 Å². The average Bonchev–Trinajstić information content (AvgIpc) is 3.33. The molecule has 1 aliphatic carbocycles. The highest BCUT2D eigenvalue weighted by Crippen LogP contribution is 2.35. The average molecular weight is 407 g/mol. The zero-order valence-electron chi connectivity index (χ0n) is 15.2. The predicted molar refractivity (Wildman–Crippen MR) is 106 cm³/mol. The van der Waals surface area contributed by atoms with Gasteiger partial charge in [-0.2, -0.15) is 5.10 Å². The zero-order valence-corrected chi connectivity index (χ0v) is 16.8. The largest absolute Gasteiger partial charge is 0.350 e. The number of nitrogens with zero attached hydrogens (tertiary/aromatic N) is 3. The van der Waals surface area contributed by atoms with Gasteiger partial charge in [0, 0.05) is 18.5 Å². The van der Waals surface area contributed by atoms with Crippen molar-refractivity contribution >= 4 is 50.4 Å². The third kappa shape index (κ3) is 3.62. The van der Waals surface area contributed by atoms with Crippen LogP contribution < -0.4 is 5.32 Å². The van der Waals surface area contributed by atoms with Gasteiger partial charge in [-0.1, -0.05) is 31.0 Å². The number of imide groups is 1. The third-order valence-corrected chi connectivity index (χ3v) is 7.16. The molecule has 4 rings (SSSR count). The molecule has 7 nitrogen and oxygen atoms in total. The van der Waals surface area contributed by atoms with Crippen LogP contribution in [0, 0.1) is 6.92 Å². The van der Waals surface area contributed by atoms with E-state index in [9.17, 15) is 14.4 Å². The molecule has 27 heavy (non-hydrogen) atoms. The van der Waals surface area contributed by atoms with Crippen molar-refractivity contribution in [3.63, 3.8) is 0 Å². The fourth-order valence-corrected chi connectivity index (χ4v) is 5.62. The van der Waals surface area contributed by atoms with Gasteiger partial charge in [-0.05, 0) is 25.8 Å². The van der Waals surface area contributed by atoms with Crippen LogP contribution in [0.15, 0.2) is 6.07 Å². The summed E-state index contributed by atoms with van der Waals surface area (Å²) in [5, 5.41) is 8.34. The lowest BCUT2D eigenvalue weighted by molar-refractivity contribution is -0.124. The molecule has 144 valence electrons. The molecule has 2 aromatic heterocycles. The van der Waals surface area contributed by atoms with E-state index in [0.717, 1.165) is 40.5 Å². The van der Waals surface area contributed by atoms with Crippen molar-refractivity contribution in [2.45, 2.75) is 45.1 Å². The molecule has 1 saturated carbocycles. The van der Waals surface area contributed by atoms with Gasteiger partial charge < -0.3 is 5.32 Å². The molecule has 9 heteroatoms. The maximum absolute atomic E-state index is 12.5. The van der Waals surface area contributed by atoms with Crippen LogP contribution in [0.5, 0.6) is 0 Å². The van der Waals surface area contributed by atoms with Gasteiger partial charge >= 0.3 is 0 Å². The summed E-state index contributed by atoms with van der Waals surface area (Å²) in [6.45, 7) is 2.47. The van der Waals surface area contributed by atoms with Crippen molar-refractivity contribution in [3.05, 3.63) is 16.6 Å². The molecule has 2 aromatic rings. The van der Waals surface area contributed by atoms with Crippen molar-refractivity contribution in [2.24, 2.45) is 0 Å². The first-order valence-electron chi connectivity index (χ1n) is 9.28. The van der Waals surface area contributed by atoms with Crippen LogP contribution in [0.1, 0.15) is 53.5 Å². The third-order valence-electron chi connectivity index (χ3n) is 5.17. The van der Waals surface area contributed by atoms with Crippen LogP contribution in [-0.2, 0) is 4.79 Å². The molecule has 0 spiro atoms. The number of fused-ring (bicyclic) bond motifs is 1. The second-order valence-corrected chi connectivity index (χ2v) is 8.96. The van der Waals surface area contributed by atoms with E-state index >= 15 is 0 Å². The fourth-order valence-electron chi connectivity index (χ4n) is 3.72. The van der Waals surface area contributed by atoms with Crippen LogP contribution in [0.25, 0.3) is 10.2 Å². The summed E-state index contributed by atoms with van der Waals surface area (Å²) in [6, 6.07) is 2.33. The summed E-state index contributed by atoms with van der Waals surface area (Å²) in [7, 11) is 0. The molecule has 2 aliphatic rings. The molecule has 0 unspecified atom stereocenters. The summed E-state index contributed by atoms with van der Waals surface area (Å²) in [5.41, 5.74) is 0.955. The Morgan fingerprint density at radius 3 is 2.78 bits per heavy atom. The number of carbonyl (C=O) groups is 3. The lowest BCUT2D eigenvalue weighted by atomic mass is 9.96. The van der Waals surface area contributed by atoms with Gasteiger partial charge in [0.25, 0.3) is 11.1 Å². The van der Waals surface area contributed by atoms with Crippen molar-refractivity contribution < 1.29 is 14.4 Å². The van der Waals surface area contributed by atoms with E-state index in [1.54, 1.807) is 0 Å². The van der Waals surface area contributed by atoms with Crippen LogP contribution in [0.3, 0.4) is 0 Å². The summed E-state index contributed by atoms with van der Waals surface area (Å²) in [6.07, 6.45) is 6.04. The van der Waals surface area contributed by atoms with Gasteiger partial charge in [-0.15, -0.1) is 11.3 Å². The maximum Gasteiger partial charge on any atom is 0.288 e. The molecule has 3 heterocycles. The first-order valence-corrected chi connectivity index (χ1v) is 11.1. The molecule has 3 amide bonds. The minimum absolute atomic E-state index is 0.169. The number of rotatable bonds is 5. The minimum Gasteiger partial charge on any atom is -0.350 e. The summed E-state index contributed by atoms with van der Waals surface area (Å²) in [4.78, 5) is 38.6. The Kier molecular flexibility index (Phi) is 5.23. The Labute approximate surface area is 165 Å². The van der Waals surface area contributed by atoms with Gasteiger partial charge in [-0.25, -0.2) is 0 Å². The Morgan fingerprint density at radius 2 is 2.07 bits per heavy atom. The minimum atomic E-state index is -0.237. The molecule has 0 radical (unpaired) electrons. The Balaban J connectivity index is 1.44. The second kappa shape index (κ2) is 7.63. The first kappa shape index (κ1) is 18.5. The molecular weight excluding hydrogens is 384 g/mol. The first-order chi connectivity index (χ1) is 13.0. The highest BCUT2D eigenvalue weighted by molar-refractivity contribution is 8.14. The highest BCUT2D eigenvalue weighted by atomic mass is 32.2. The monoisotopic (exact) mass is 406 g/mol. The molecule has 1 aliphatic heterocycles. The van der Waals surface area contributed by atoms with E-state index in [1.165, 1.54) is 35.5 Å². The summed E-state index contributed by atoms with van der Waals surface area (Å²) < 4.78 is 2.12.